The van der Waals surface area contributed by atoms with Gasteiger partial charge in [0.25, 0.3) is 0 Å². The number of hydrogen-bond acceptors (Lipinski definition) is 0. The predicted molar refractivity (Wildman–Crippen MR) is 140 cm³/mol. The first-order valence-corrected chi connectivity index (χ1v) is 20.8. The van der Waals surface area contributed by atoms with Crippen LogP contribution in [0.25, 0.3) is 11.1 Å². The fourth-order valence-electron chi connectivity index (χ4n) is 5.57. The van der Waals surface area contributed by atoms with Crippen molar-refractivity contribution in [2.75, 3.05) is 0 Å². The van der Waals surface area contributed by atoms with E-state index in [0.717, 1.165) is 6.42 Å². The quantitative estimate of drug-likeness (QED) is 0.400. The number of benzene rings is 2. The average molecular weight is 591 g/mol. The summed E-state index contributed by atoms with van der Waals surface area (Å²) in [7, 11) is 0. The molecule has 0 spiro atoms. The van der Waals surface area contributed by atoms with Gasteiger partial charge < -0.3 is 24.8 Å². The molecule has 1 unspecified atom stereocenters. The predicted octanol–water partition coefficient (Wildman–Crippen LogP) is 1.84. The van der Waals surface area contributed by atoms with Crippen LogP contribution in [0.5, 0.6) is 0 Å². The molecular weight excluding hydrogens is 551 g/mol. The molecule has 0 aliphatic heterocycles. The minimum atomic E-state index is -2.04. The minimum Gasteiger partial charge on any atom is -1.00 e. The van der Waals surface area contributed by atoms with Gasteiger partial charge in [-0.3, -0.25) is 0 Å². The van der Waals surface area contributed by atoms with Crippen molar-refractivity contribution in [1.82, 2.24) is 0 Å². The van der Waals surface area contributed by atoms with Gasteiger partial charge in [0.15, 0.2) is 0 Å². The Morgan fingerprint density at radius 2 is 1.50 bits per heavy atom. The van der Waals surface area contributed by atoms with E-state index in [4.69, 9.17) is 0 Å². The van der Waals surface area contributed by atoms with Gasteiger partial charge in [-0.1, -0.05) is 0 Å². The summed E-state index contributed by atoms with van der Waals surface area (Å²) >= 11 is -2.04. The van der Waals surface area contributed by atoms with E-state index in [1.54, 1.807) is 22.3 Å². The zero-order chi connectivity index (χ0) is 23.6. The molecule has 4 rings (SSSR count). The number of halogens is 2. The van der Waals surface area contributed by atoms with Gasteiger partial charge in [-0.25, -0.2) is 0 Å². The Labute approximate surface area is 228 Å². The van der Waals surface area contributed by atoms with E-state index in [-0.39, 0.29) is 35.6 Å². The van der Waals surface area contributed by atoms with Crippen molar-refractivity contribution in [3.63, 3.8) is 0 Å². The Hall–Kier alpha value is -0.400. The first-order chi connectivity index (χ1) is 14.8. The molecule has 0 radical (unpaired) electrons. The third-order valence-corrected chi connectivity index (χ3v) is 24.8. The molecule has 2 aromatic rings. The minimum absolute atomic E-state index is 0. The Morgan fingerprint density at radius 1 is 0.882 bits per heavy atom. The number of hydrogen-bond donors (Lipinski definition) is 0. The summed E-state index contributed by atoms with van der Waals surface area (Å²) in [4.78, 5) is 0. The van der Waals surface area contributed by atoms with E-state index in [9.17, 15) is 0 Å². The van der Waals surface area contributed by atoms with E-state index in [2.05, 4.69) is 111 Å². The van der Waals surface area contributed by atoms with Crippen LogP contribution in [-0.4, -0.2) is 5.43 Å². The van der Waals surface area contributed by atoms with E-state index in [1.807, 2.05) is 6.55 Å². The van der Waals surface area contributed by atoms with Gasteiger partial charge in [0, 0.05) is 0 Å². The summed E-state index contributed by atoms with van der Waals surface area (Å²) in [5.41, 5.74) is 10.9. The fourth-order valence-corrected chi connectivity index (χ4v) is 24.7. The maximum Gasteiger partial charge on any atom is -1.00 e. The van der Waals surface area contributed by atoms with Crippen LogP contribution in [0.3, 0.4) is 0 Å². The molecule has 0 heterocycles. The first kappa shape index (κ1) is 29.8. The molecule has 4 heteroatoms. The molecular formula is C30H40Cl2SiZr. The summed E-state index contributed by atoms with van der Waals surface area (Å²) in [5, 5.41) is 0. The molecule has 1 atom stereocenters. The third kappa shape index (κ3) is 5.32. The molecule has 0 saturated heterocycles. The molecule has 0 fully saturated rings. The topological polar surface area (TPSA) is 0 Å². The molecule has 2 aromatic carbocycles. The molecule has 182 valence electrons. The zero-order valence-electron chi connectivity index (χ0n) is 22.6. The van der Waals surface area contributed by atoms with E-state index < -0.39 is 25.8 Å². The molecule has 0 saturated carbocycles. The standard InChI is InChI=1S/C21H25.C7H9.C2H6Si.2ClH.Zr/c1-20(2,3)16-7-9-18-14(12-16)11-15-13-17(21(4,5)6)8-10-19(15)18;1-6-3-4-7(2)5-6;1-3-2;;;/h7-10,12H,11H2,1-6H3;3-4,6H,1-2H3;1-2H3;2*1H;/q;;;;;+2/p-2. The fraction of sp³-hybridized carbons (Fsp3) is 0.467. The maximum absolute atomic E-state index is 2.61. The summed E-state index contributed by atoms with van der Waals surface area (Å²) in [6.07, 6.45) is 6.00. The van der Waals surface area contributed by atoms with Crippen LogP contribution in [-0.2, 0) is 37.6 Å². The van der Waals surface area contributed by atoms with Gasteiger partial charge in [0.2, 0.25) is 0 Å². The van der Waals surface area contributed by atoms with Crippen LogP contribution in [0.1, 0.15) is 77.6 Å². The molecule has 34 heavy (non-hydrogen) atoms. The van der Waals surface area contributed by atoms with Crippen LogP contribution in [0, 0.1) is 5.92 Å². The monoisotopic (exact) mass is 588 g/mol. The largest absolute Gasteiger partial charge is 1.00 e. The van der Waals surface area contributed by atoms with Crippen molar-refractivity contribution >= 4 is 8.70 Å². The average Bonchev–Trinajstić information content (AvgIpc) is 3.20. The molecule has 2 aliphatic carbocycles. The second-order valence-corrected chi connectivity index (χ2v) is 28.9. The van der Waals surface area contributed by atoms with Gasteiger partial charge in [-0.2, -0.15) is 0 Å². The summed E-state index contributed by atoms with van der Waals surface area (Å²) in [6.45, 7) is 24.3. The molecule has 0 aromatic heterocycles. The Balaban J connectivity index is 0.00000204. The van der Waals surface area contributed by atoms with Gasteiger partial charge in [-0.05, 0) is 0 Å². The van der Waals surface area contributed by atoms with Crippen molar-refractivity contribution in [3.8, 4) is 11.1 Å². The SMILES string of the molecule is CC1=[C]([Zr+2]([c]2c(C(C)(C)C)ccc3c2Cc2cc(C(C)(C)C)ccc2-3)=[Si](C)C)C(C)C=C1.[Cl-].[Cl-]. The summed E-state index contributed by atoms with van der Waals surface area (Å²) < 4.78 is 3.73. The first-order valence-electron chi connectivity index (χ1n) is 12.2. The third-order valence-electron chi connectivity index (χ3n) is 7.28. The van der Waals surface area contributed by atoms with Gasteiger partial charge >= 0.3 is 205 Å². The molecule has 0 N–H and O–H groups in total. The van der Waals surface area contributed by atoms with Crippen molar-refractivity contribution < 1.29 is 45.2 Å². The second kappa shape index (κ2) is 10.5. The van der Waals surface area contributed by atoms with Crippen molar-refractivity contribution in [3.05, 3.63) is 73.6 Å². The molecule has 0 amide bonds. The van der Waals surface area contributed by atoms with Crippen molar-refractivity contribution in [2.45, 2.75) is 85.7 Å². The van der Waals surface area contributed by atoms with Gasteiger partial charge in [-0.15, -0.1) is 0 Å². The normalized spacial score (nSPS) is 16.3. The summed E-state index contributed by atoms with van der Waals surface area (Å²) in [6, 6.07) is 12.3. The molecule has 2 aliphatic rings. The van der Waals surface area contributed by atoms with Crippen LogP contribution < -0.4 is 28.1 Å². The summed E-state index contributed by atoms with van der Waals surface area (Å²) in [5.74, 6) is 0.629. The molecule has 0 bridgehead atoms. The maximum atomic E-state index is 2.61. The Bertz CT molecular complexity index is 1200. The Morgan fingerprint density at radius 3 is 2.00 bits per heavy atom. The number of fused-ring (bicyclic) bond motifs is 3. The van der Waals surface area contributed by atoms with Crippen LogP contribution in [0.2, 0.25) is 13.1 Å². The Kier molecular flexibility index (Phi) is 9.24. The van der Waals surface area contributed by atoms with Crippen molar-refractivity contribution in [1.29, 1.82) is 0 Å². The van der Waals surface area contributed by atoms with Crippen LogP contribution in [0.15, 0.2) is 51.3 Å². The van der Waals surface area contributed by atoms with Crippen LogP contribution in [0.4, 0.5) is 0 Å². The molecule has 0 nitrogen and oxygen atoms in total. The van der Waals surface area contributed by atoms with Crippen LogP contribution >= 0.6 is 0 Å². The second-order valence-electron chi connectivity index (χ2n) is 12.2. The van der Waals surface area contributed by atoms with Gasteiger partial charge in [0.05, 0.1) is 0 Å². The number of allylic oxidation sites excluding steroid dienone is 4. The smallest absolute Gasteiger partial charge is 1.00 e. The van der Waals surface area contributed by atoms with E-state index in [0.29, 0.717) is 5.92 Å². The zero-order valence-corrected chi connectivity index (χ0v) is 27.6. The van der Waals surface area contributed by atoms with Gasteiger partial charge in [0.1, 0.15) is 0 Å². The van der Waals surface area contributed by atoms with E-state index in [1.165, 1.54) is 16.7 Å². The van der Waals surface area contributed by atoms with E-state index >= 15 is 0 Å². The number of rotatable bonds is 2. The van der Waals surface area contributed by atoms with Crippen molar-refractivity contribution in [2.24, 2.45) is 5.92 Å².